The molecule has 2 N–H and O–H groups in total. The summed E-state index contributed by atoms with van der Waals surface area (Å²) in [5, 5.41) is 6.16. The van der Waals surface area contributed by atoms with Crippen molar-refractivity contribution in [1.29, 1.82) is 0 Å². The van der Waals surface area contributed by atoms with E-state index in [-0.39, 0.29) is 11.1 Å². The van der Waals surface area contributed by atoms with Crippen LogP contribution in [0.2, 0.25) is 18.1 Å². The lowest BCUT2D eigenvalue weighted by atomic mass is 10.0. The first-order chi connectivity index (χ1) is 19.6. The Kier molecular flexibility index (Phi) is 8.64. The van der Waals surface area contributed by atoms with Crippen LogP contribution < -0.4 is 10.6 Å². The highest BCUT2D eigenvalue weighted by atomic mass is 28.4. The van der Waals surface area contributed by atoms with Gasteiger partial charge in [0.15, 0.2) is 14.1 Å². The first-order valence-electron chi connectivity index (χ1n) is 15.2. The predicted molar refractivity (Wildman–Crippen MR) is 172 cm³/mol. The van der Waals surface area contributed by atoms with Crippen molar-refractivity contribution in [2.45, 2.75) is 90.6 Å². The predicted octanol–water partition coefficient (Wildman–Crippen LogP) is 7.79. The molecule has 0 saturated carbocycles. The first kappa shape index (κ1) is 29.4. The molecule has 5 rings (SSSR count). The number of anilines is 1. The van der Waals surface area contributed by atoms with Gasteiger partial charge in [-0.25, -0.2) is 9.67 Å². The number of pyridine rings is 2. The van der Waals surface area contributed by atoms with E-state index in [9.17, 15) is 0 Å². The van der Waals surface area contributed by atoms with E-state index >= 15 is 0 Å². The lowest BCUT2D eigenvalue weighted by Gasteiger charge is -2.36. The number of fused-ring (bicyclic) bond motifs is 1. The molecule has 4 aromatic rings. The third-order valence-corrected chi connectivity index (χ3v) is 13.3. The van der Waals surface area contributed by atoms with Crippen LogP contribution in [0.4, 0.5) is 5.69 Å². The SMILES string of the molecule is CCC[C@H](N)c1cccc(-c2cc(N3CCCCC3)c3cnn(-c4cccc(CO[Si](C)(C)C(C)(C)C)n4)c3c2)n1. The molecule has 1 saturated heterocycles. The Morgan fingerprint density at radius 1 is 1.00 bits per heavy atom. The summed E-state index contributed by atoms with van der Waals surface area (Å²) in [6.07, 6.45) is 7.64. The molecule has 0 spiro atoms. The number of hydrogen-bond acceptors (Lipinski definition) is 6. The Bertz CT molecular complexity index is 1480. The molecule has 3 aromatic heterocycles. The van der Waals surface area contributed by atoms with Crippen LogP contribution in [-0.4, -0.2) is 41.2 Å². The topological polar surface area (TPSA) is 82.1 Å². The van der Waals surface area contributed by atoms with Crippen molar-refractivity contribution < 1.29 is 4.43 Å². The quantitative estimate of drug-likeness (QED) is 0.207. The second-order valence-corrected chi connectivity index (χ2v) is 17.7. The maximum atomic E-state index is 6.48. The summed E-state index contributed by atoms with van der Waals surface area (Å²) in [5.74, 6) is 0.796. The molecule has 1 atom stereocenters. The summed E-state index contributed by atoms with van der Waals surface area (Å²) >= 11 is 0. The van der Waals surface area contributed by atoms with Gasteiger partial charge in [-0.15, -0.1) is 0 Å². The Morgan fingerprint density at radius 3 is 2.49 bits per heavy atom. The van der Waals surface area contributed by atoms with Gasteiger partial charge in [0.1, 0.15) is 0 Å². The highest BCUT2D eigenvalue weighted by Gasteiger charge is 2.37. The maximum absolute atomic E-state index is 6.48. The lowest BCUT2D eigenvalue weighted by molar-refractivity contribution is 0.272. The van der Waals surface area contributed by atoms with Crippen molar-refractivity contribution in [3.63, 3.8) is 0 Å². The van der Waals surface area contributed by atoms with Gasteiger partial charge in [0.2, 0.25) is 0 Å². The van der Waals surface area contributed by atoms with Gasteiger partial charge in [0.05, 0.1) is 35.4 Å². The summed E-state index contributed by atoms with van der Waals surface area (Å²) in [7, 11) is -1.89. The fourth-order valence-electron chi connectivity index (χ4n) is 5.25. The van der Waals surface area contributed by atoms with E-state index in [1.807, 2.05) is 29.1 Å². The summed E-state index contributed by atoms with van der Waals surface area (Å²) in [5.41, 5.74) is 12.6. The fourth-order valence-corrected chi connectivity index (χ4v) is 6.19. The minimum atomic E-state index is -1.89. The van der Waals surface area contributed by atoms with E-state index < -0.39 is 8.32 Å². The zero-order valence-corrected chi connectivity index (χ0v) is 26.7. The highest BCUT2D eigenvalue weighted by molar-refractivity contribution is 6.74. The Labute approximate surface area is 246 Å². The molecule has 1 aromatic carbocycles. The number of piperidine rings is 1. The van der Waals surface area contributed by atoms with Gasteiger partial charge in [-0.05, 0) is 80.2 Å². The third-order valence-electron chi connectivity index (χ3n) is 8.81. The number of rotatable bonds is 9. The van der Waals surface area contributed by atoms with Crippen molar-refractivity contribution in [1.82, 2.24) is 19.7 Å². The second kappa shape index (κ2) is 12.0. The molecule has 0 amide bonds. The van der Waals surface area contributed by atoms with Crippen molar-refractivity contribution in [2.24, 2.45) is 5.73 Å². The average Bonchev–Trinajstić information content (AvgIpc) is 3.40. The molecule has 0 bridgehead atoms. The Balaban J connectivity index is 1.56. The average molecular weight is 571 g/mol. The van der Waals surface area contributed by atoms with Gasteiger partial charge < -0.3 is 15.1 Å². The van der Waals surface area contributed by atoms with Crippen LogP contribution in [-0.2, 0) is 11.0 Å². The van der Waals surface area contributed by atoms with Gasteiger partial charge in [-0.1, -0.05) is 46.2 Å². The minimum Gasteiger partial charge on any atom is -0.411 e. The van der Waals surface area contributed by atoms with Gasteiger partial charge in [0, 0.05) is 35.8 Å². The largest absolute Gasteiger partial charge is 0.411 e. The van der Waals surface area contributed by atoms with E-state index in [1.54, 1.807) is 0 Å². The van der Waals surface area contributed by atoms with E-state index in [4.69, 9.17) is 25.2 Å². The van der Waals surface area contributed by atoms with Crippen LogP contribution in [0.1, 0.15) is 77.2 Å². The van der Waals surface area contributed by atoms with Crippen LogP contribution >= 0.6 is 0 Å². The summed E-state index contributed by atoms with van der Waals surface area (Å²) in [6.45, 7) is 16.1. The summed E-state index contributed by atoms with van der Waals surface area (Å²) < 4.78 is 8.45. The Morgan fingerprint density at radius 2 is 1.76 bits per heavy atom. The number of benzene rings is 1. The third kappa shape index (κ3) is 6.40. The lowest BCUT2D eigenvalue weighted by Crippen LogP contribution is -2.40. The summed E-state index contributed by atoms with van der Waals surface area (Å²) in [4.78, 5) is 12.5. The van der Waals surface area contributed by atoms with Crippen molar-refractivity contribution in [3.8, 4) is 17.1 Å². The number of nitrogens with zero attached hydrogens (tertiary/aromatic N) is 5. The van der Waals surface area contributed by atoms with Crippen molar-refractivity contribution in [2.75, 3.05) is 18.0 Å². The van der Waals surface area contributed by atoms with E-state index in [1.165, 1.54) is 24.9 Å². The molecule has 8 heteroatoms. The van der Waals surface area contributed by atoms with E-state index in [0.717, 1.165) is 65.3 Å². The maximum Gasteiger partial charge on any atom is 0.192 e. The van der Waals surface area contributed by atoms with Crippen molar-refractivity contribution in [3.05, 3.63) is 66.1 Å². The molecule has 1 fully saturated rings. The van der Waals surface area contributed by atoms with Crippen LogP contribution in [0.3, 0.4) is 0 Å². The van der Waals surface area contributed by atoms with Gasteiger partial charge in [0.25, 0.3) is 0 Å². The molecule has 0 unspecified atom stereocenters. The number of hydrogen-bond donors (Lipinski definition) is 1. The normalized spacial score (nSPS) is 15.4. The molecule has 218 valence electrons. The van der Waals surface area contributed by atoms with Crippen LogP contribution in [0.5, 0.6) is 0 Å². The molecule has 1 aliphatic rings. The number of aromatic nitrogens is 4. The molecular formula is C33H46N6OSi. The fraction of sp³-hybridized carbons (Fsp3) is 0.485. The standard InChI is InChI=1S/C33H46N6OSi/c1-7-13-27(34)29-16-12-15-28(37-29)24-20-30(38-18-9-8-10-19-38)26-22-35-39(31(26)21-24)32-17-11-14-25(36-32)23-40-41(5,6)33(2,3)4/h11-12,14-17,20-22,27H,7-10,13,18-19,23,34H2,1-6H3/t27-/m0/s1. The molecule has 0 aliphatic carbocycles. The molecule has 1 aliphatic heterocycles. The highest BCUT2D eigenvalue weighted by Crippen LogP contribution is 2.38. The molecule has 4 heterocycles. The van der Waals surface area contributed by atoms with E-state index in [2.05, 4.69) is 76.0 Å². The summed E-state index contributed by atoms with van der Waals surface area (Å²) in [6, 6.07) is 16.7. The van der Waals surface area contributed by atoms with Crippen LogP contribution in [0.15, 0.2) is 54.7 Å². The zero-order valence-electron chi connectivity index (χ0n) is 25.7. The van der Waals surface area contributed by atoms with E-state index in [0.29, 0.717) is 6.61 Å². The zero-order chi connectivity index (χ0) is 29.2. The molecular weight excluding hydrogens is 524 g/mol. The van der Waals surface area contributed by atoms with Crippen molar-refractivity contribution >= 4 is 24.9 Å². The monoisotopic (exact) mass is 570 g/mol. The number of nitrogens with two attached hydrogens (primary N) is 1. The van der Waals surface area contributed by atoms with Gasteiger partial charge >= 0.3 is 0 Å². The molecule has 7 nitrogen and oxygen atoms in total. The van der Waals surface area contributed by atoms with Crippen LogP contribution in [0.25, 0.3) is 28.0 Å². The first-order valence-corrected chi connectivity index (χ1v) is 18.1. The second-order valence-electron chi connectivity index (χ2n) is 12.9. The Hall–Kier alpha value is -3.07. The van der Waals surface area contributed by atoms with Gasteiger partial charge in [-0.3, -0.25) is 4.98 Å². The molecule has 0 radical (unpaired) electrons. The molecule has 41 heavy (non-hydrogen) atoms. The van der Waals surface area contributed by atoms with Crippen LogP contribution in [0, 0.1) is 0 Å². The minimum absolute atomic E-state index is 0.0590. The van der Waals surface area contributed by atoms with Gasteiger partial charge in [-0.2, -0.15) is 5.10 Å². The smallest absolute Gasteiger partial charge is 0.192 e.